The summed E-state index contributed by atoms with van der Waals surface area (Å²) in [5.74, 6) is 0.899. The smallest absolute Gasteiger partial charge is 0.199 e. The number of rotatable bonds is 7. The van der Waals surface area contributed by atoms with Crippen LogP contribution in [0.4, 0.5) is 5.69 Å². The highest BCUT2D eigenvalue weighted by Gasteiger charge is 2.20. The molecule has 3 aromatic rings. The fourth-order valence-corrected chi connectivity index (χ4v) is 2.72. The summed E-state index contributed by atoms with van der Waals surface area (Å²) in [6.45, 7) is 4.33. The van der Waals surface area contributed by atoms with Crippen molar-refractivity contribution >= 4 is 28.6 Å². The standard InChI is InChI=1S/C21H19ClN2O3/c1-3-26-16-10-8-15(9-11-16)23-13-18(20-12-14(2)24-27-20)21(25)17-6-4-5-7-19(17)22/h4-13,23H,3H2,1-2H3. The Morgan fingerprint density at radius 1 is 1.22 bits per heavy atom. The summed E-state index contributed by atoms with van der Waals surface area (Å²) in [7, 11) is 0. The van der Waals surface area contributed by atoms with Gasteiger partial charge in [0, 0.05) is 23.5 Å². The second-order valence-electron chi connectivity index (χ2n) is 5.80. The Kier molecular flexibility index (Phi) is 5.94. The zero-order valence-electron chi connectivity index (χ0n) is 15.0. The number of ketones is 1. The lowest BCUT2D eigenvalue weighted by atomic mass is 10.0. The van der Waals surface area contributed by atoms with Gasteiger partial charge in [-0.05, 0) is 50.2 Å². The minimum absolute atomic E-state index is 0.254. The molecule has 1 aromatic heterocycles. The van der Waals surface area contributed by atoms with Crippen molar-refractivity contribution in [2.75, 3.05) is 11.9 Å². The molecule has 0 aliphatic rings. The summed E-state index contributed by atoms with van der Waals surface area (Å²) >= 11 is 6.19. The number of halogens is 1. The molecule has 1 N–H and O–H groups in total. The maximum atomic E-state index is 13.0. The van der Waals surface area contributed by atoms with Crippen LogP contribution in [0, 0.1) is 6.92 Å². The average molecular weight is 383 g/mol. The van der Waals surface area contributed by atoms with Crippen LogP contribution in [0.15, 0.2) is 65.3 Å². The third kappa shape index (κ3) is 4.57. The number of ether oxygens (including phenoxy) is 1. The molecule has 2 aromatic carbocycles. The van der Waals surface area contributed by atoms with Crippen LogP contribution in [0.3, 0.4) is 0 Å². The van der Waals surface area contributed by atoms with E-state index in [1.807, 2.05) is 31.2 Å². The third-order valence-electron chi connectivity index (χ3n) is 3.81. The van der Waals surface area contributed by atoms with Gasteiger partial charge in [-0.2, -0.15) is 0 Å². The highest BCUT2D eigenvalue weighted by Crippen LogP contribution is 2.25. The van der Waals surface area contributed by atoms with Crippen molar-refractivity contribution < 1.29 is 14.1 Å². The molecule has 0 aliphatic carbocycles. The first-order chi connectivity index (χ1) is 13.1. The van der Waals surface area contributed by atoms with Crippen LogP contribution in [0.25, 0.3) is 5.57 Å². The molecule has 0 spiro atoms. The molecule has 0 aliphatic heterocycles. The number of benzene rings is 2. The molecule has 3 rings (SSSR count). The lowest BCUT2D eigenvalue weighted by Gasteiger charge is -2.08. The Hall–Kier alpha value is -3.05. The van der Waals surface area contributed by atoms with E-state index in [4.69, 9.17) is 20.9 Å². The normalized spacial score (nSPS) is 11.3. The van der Waals surface area contributed by atoms with Crippen molar-refractivity contribution in [3.05, 3.63) is 82.8 Å². The van der Waals surface area contributed by atoms with Crippen molar-refractivity contribution in [2.45, 2.75) is 13.8 Å². The lowest BCUT2D eigenvalue weighted by molar-refractivity contribution is 0.105. The van der Waals surface area contributed by atoms with Gasteiger partial charge < -0.3 is 14.6 Å². The van der Waals surface area contributed by atoms with E-state index >= 15 is 0 Å². The number of carbonyl (C=O) groups is 1. The molecule has 1 heterocycles. The van der Waals surface area contributed by atoms with Crippen LogP contribution in [0.5, 0.6) is 5.75 Å². The van der Waals surface area contributed by atoms with Gasteiger partial charge in [-0.3, -0.25) is 4.79 Å². The van der Waals surface area contributed by atoms with Crippen LogP contribution < -0.4 is 10.1 Å². The minimum Gasteiger partial charge on any atom is -0.494 e. The summed E-state index contributed by atoms with van der Waals surface area (Å²) in [5, 5.41) is 7.38. The number of aryl methyl sites for hydroxylation is 1. The van der Waals surface area contributed by atoms with E-state index in [1.54, 1.807) is 43.5 Å². The Labute approximate surface area is 162 Å². The number of allylic oxidation sites excluding steroid dienone is 1. The largest absolute Gasteiger partial charge is 0.494 e. The molecular weight excluding hydrogens is 364 g/mol. The summed E-state index contributed by atoms with van der Waals surface area (Å²) in [6, 6.07) is 16.1. The molecule has 138 valence electrons. The van der Waals surface area contributed by atoms with E-state index in [2.05, 4.69) is 10.5 Å². The highest BCUT2D eigenvalue weighted by atomic mass is 35.5. The predicted molar refractivity (Wildman–Crippen MR) is 106 cm³/mol. The molecule has 0 atom stereocenters. The Morgan fingerprint density at radius 2 is 1.96 bits per heavy atom. The maximum absolute atomic E-state index is 13.0. The summed E-state index contributed by atoms with van der Waals surface area (Å²) in [6.07, 6.45) is 1.60. The molecule has 0 saturated heterocycles. The van der Waals surface area contributed by atoms with Crippen molar-refractivity contribution in [3.63, 3.8) is 0 Å². The maximum Gasteiger partial charge on any atom is 0.199 e. The van der Waals surface area contributed by atoms with Gasteiger partial charge in [-0.1, -0.05) is 28.9 Å². The van der Waals surface area contributed by atoms with E-state index in [-0.39, 0.29) is 5.78 Å². The SMILES string of the molecule is CCOc1ccc(NC=C(C(=O)c2ccccc2Cl)c2cc(C)no2)cc1. The topological polar surface area (TPSA) is 64.4 Å². The van der Waals surface area contributed by atoms with Crippen LogP contribution in [-0.2, 0) is 0 Å². The summed E-state index contributed by atoms with van der Waals surface area (Å²) in [5.41, 5.74) is 2.22. The fourth-order valence-electron chi connectivity index (χ4n) is 2.50. The molecular formula is C21H19ClN2O3. The van der Waals surface area contributed by atoms with Gasteiger partial charge in [0.15, 0.2) is 11.5 Å². The minimum atomic E-state index is -0.254. The van der Waals surface area contributed by atoms with Gasteiger partial charge in [0.05, 0.1) is 22.9 Å². The first-order valence-electron chi connectivity index (χ1n) is 8.51. The molecule has 5 nitrogen and oxygen atoms in total. The lowest BCUT2D eigenvalue weighted by Crippen LogP contribution is -2.05. The van der Waals surface area contributed by atoms with E-state index < -0.39 is 0 Å². The first-order valence-corrected chi connectivity index (χ1v) is 8.88. The van der Waals surface area contributed by atoms with Crippen LogP contribution in [0.1, 0.15) is 28.7 Å². The van der Waals surface area contributed by atoms with E-state index in [0.717, 1.165) is 11.4 Å². The Bertz CT molecular complexity index is 962. The molecule has 6 heteroatoms. The molecule has 0 radical (unpaired) electrons. The van der Waals surface area contributed by atoms with Crippen molar-refractivity contribution in [3.8, 4) is 5.75 Å². The van der Waals surface area contributed by atoms with Crippen molar-refractivity contribution in [1.29, 1.82) is 0 Å². The number of nitrogens with one attached hydrogen (secondary N) is 1. The van der Waals surface area contributed by atoms with Crippen LogP contribution in [-0.4, -0.2) is 17.5 Å². The number of aromatic nitrogens is 1. The van der Waals surface area contributed by atoms with Gasteiger partial charge >= 0.3 is 0 Å². The molecule has 27 heavy (non-hydrogen) atoms. The van der Waals surface area contributed by atoms with Gasteiger partial charge in [-0.25, -0.2) is 0 Å². The van der Waals surface area contributed by atoms with Crippen LogP contribution >= 0.6 is 11.6 Å². The molecule has 0 bridgehead atoms. The number of Topliss-reactive ketones (excluding diaryl/α,β-unsaturated/α-hetero) is 1. The monoisotopic (exact) mass is 382 g/mol. The third-order valence-corrected chi connectivity index (χ3v) is 4.13. The number of carbonyl (C=O) groups excluding carboxylic acids is 1. The van der Waals surface area contributed by atoms with Gasteiger partial charge in [-0.15, -0.1) is 0 Å². The molecule has 0 unspecified atom stereocenters. The van der Waals surface area contributed by atoms with E-state index in [1.165, 1.54) is 0 Å². The summed E-state index contributed by atoms with van der Waals surface area (Å²) < 4.78 is 10.7. The Morgan fingerprint density at radius 3 is 2.59 bits per heavy atom. The van der Waals surface area contributed by atoms with Gasteiger partial charge in [0.2, 0.25) is 0 Å². The second kappa shape index (κ2) is 8.56. The highest BCUT2D eigenvalue weighted by molar-refractivity contribution is 6.38. The fraction of sp³-hybridized carbons (Fsp3) is 0.143. The number of anilines is 1. The van der Waals surface area contributed by atoms with Crippen molar-refractivity contribution in [1.82, 2.24) is 5.16 Å². The second-order valence-corrected chi connectivity index (χ2v) is 6.21. The molecule has 0 fully saturated rings. The van der Waals surface area contributed by atoms with Crippen LogP contribution in [0.2, 0.25) is 5.02 Å². The quantitative estimate of drug-likeness (QED) is 0.439. The van der Waals surface area contributed by atoms with Gasteiger partial charge in [0.1, 0.15) is 5.75 Å². The Balaban J connectivity index is 1.91. The number of hydrogen-bond acceptors (Lipinski definition) is 5. The first kappa shape index (κ1) is 18.7. The zero-order chi connectivity index (χ0) is 19.2. The predicted octanol–water partition coefficient (Wildman–Crippen LogP) is 5.37. The van der Waals surface area contributed by atoms with Crippen molar-refractivity contribution in [2.24, 2.45) is 0 Å². The number of hydrogen-bond donors (Lipinski definition) is 1. The zero-order valence-corrected chi connectivity index (χ0v) is 15.8. The number of nitrogens with zero attached hydrogens (tertiary/aromatic N) is 1. The molecule has 0 amide bonds. The average Bonchev–Trinajstić information content (AvgIpc) is 3.10. The van der Waals surface area contributed by atoms with E-state index in [9.17, 15) is 4.79 Å². The molecule has 0 saturated carbocycles. The van der Waals surface area contributed by atoms with Gasteiger partial charge in [0.25, 0.3) is 0 Å². The van der Waals surface area contributed by atoms with E-state index in [0.29, 0.717) is 34.2 Å². The summed E-state index contributed by atoms with van der Waals surface area (Å²) in [4.78, 5) is 13.0.